The molecule has 1 aliphatic carbocycles. The fraction of sp³-hybridized carbons (Fsp3) is 0.562. The van der Waals surface area contributed by atoms with E-state index in [-0.39, 0.29) is 6.10 Å². The second-order valence-corrected chi connectivity index (χ2v) is 5.33. The standard InChI is InChI=1S/C16H22N2O/c1-3-18-16(12-17)10-6-8-14(11-16)19-15-9-5-4-7-13(15)2/h4-5,7,9,14,18H,3,6,8,10-11H2,1-2H3. The van der Waals surface area contributed by atoms with Gasteiger partial charge in [-0.1, -0.05) is 25.1 Å². The second-order valence-electron chi connectivity index (χ2n) is 5.33. The average Bonchev–Trinajstić information content (AvgIpc) is 2.42. The Morgan fingerprint density at radius 2 is 2.26 bits per heavy atom. The Kier molecular flexibility index (Phi) is 4.44. The molecule has 1 fully saturated rings. The number of ether oxygens (including phenoxy) is 1. The Morgan fingerprint density at radius 3 is 2.95 bits per heavy atom. The highest BCUT2D eigenvalue weighted by atomic mass is 16.5. The van der Waals surface area contributed by atoms with E-state index in [1.807, 2.05) is 25.1 Å². The van der Waals surface area contributed by atoms with E-state index in [1.54, 1.807) is 0 Å². The van der Waals surface area contributed by atoms with Crippen LogP contribution in [0.25, 0.3) is 0 Å². The van der Waals surface area contributed by atoms with Crippen molar-refractivity contribution >= 4 is 0 Å². The molecule has 0 radical (unpaired) electrons. The summed E-state index contributed by atoms with van der Waals surface area (Å²) >= 11 is 0. The van der Waals surface area contributed by atoms with Crippen LogP contribution in [0.5, 0.6) is 5.75 Å². The molecule has 0 spiro atoms. The van der Waals surface area contributed by atoms with Gasteiger partial charge >= 0.3 is 0 Å². The molecule has 2 unspecified atom stereocenters. The summed E-state index contributed by atoms with van der Waals surface area (Å²) in [7, 11) is 0. The molecule has 0 bridgehead atoms. The lowest BCUT2D eigenvalue weighted by Gasteiger charge is -2.36. The molecular formula is C16H22N2O. The SMILES string of the molecule is CCNC1(C#N)CCCC(Oc2ccccc2C)C1. The number of nitrogens with one attached hydrogen (secondary N) is 1. The molecule has 1 aromatic rings. The van der Waals surface area contributed by atoms with Crippen LogP contribution in [0, 0.1) is 18.3 Å². The quantitative estimate of drug-likeness (QED) is 0.902. The number of nitrogens with zero attached hydrogens (tertiary/aromatic N) is 1. The first-order valence-electron chi connectivity index (χ1n) is 7.08. The molecule has 0 aliphatic heterocycles. The number of rotatable bonds is 4. The van der Waals surface area contributed by atoms with Crippen molar-refractivity contribution in [2.24, 2.45) is 0 Å². The molecule has 1 aliphatic rings. The zero-order chi connectivity index (χ0) is 13.7. The zero-order valence-electron chi connectivity index (χ0n) is 11.8. The Bertz CT molecular complexity index is 462. The highest BCUT2D eigenvalue weighted by molar-refractivity contribution is 5.32. The lowest BCUT2D eigenvalue weighted by Crippen LogP contribution is -2.49. The Hall–Kier alpha value is -1.53. The third kappa shape index (κ3) is 3.27. The Balaban J connectivity index is 2.06. The number of aryl methyl sites for hydroxylation is 1. The highest BCUT2D eigenvalue weighted by Gasteiger charge is 2.36. The van der Waals surface area contributed by atoms with Gasteiger partial charge in [0.25, 0.3) is 0 Å². The maximum Gasteiger partial charge on any atom is 0.122 e. The van der Waals surface area contributed by atoms with Crippen LogP contribution in [-0.2, 0) is 0 Å². The van der Waals surface area contributed by atoms with Crippen LogP contribution in [0.2, 0.25) is 0 Å². The van der Waals surface area contributed by atoms with E-state index >= 15 is 0 Å². The second kappa shape index (κ2) is 6.08. The minimum atomic E-state index is -0.402. The maximum absolute atomic E-state index is 9.44. The van der Waals surface area contributed by atoms with Crippen molar-refractivity contribution < 1.29 is 4.74 Å². The molecular weight excluding hydrogens is 236 g/mol. The van der Waals surface area contributed by atoms with Gasteiger partial charge in [0.05, 0.1) is 6.07 Å². The van der Waals surface area contributed by atoms with Gasteiger partial charge < -0.3 is 4.74 Å². The molecule has 0 amide bonds. The summed E-state index contributed by atoms with van der Waals surface area (Å²) in [6.07, 6.45) is 3.89. The molecule has 1 aromatic carbocycles. The number of nitriles is 1. The molecule has 1 N–H and O–H groups in total. The van der Waals surface area contributed by atoms with Gasteiger partial charge in [0.2, 0.25) is 0 Å². The predicted octanol–water partition coefficient (Wildman–Crippen LogP) is 3.19. The Morgan fingerprint density at radius 1 is 1.47 bits per heavy atom. The van der Waals surface area contributed by atoms with Crippen LogP contribution in [-0.4, -0.2) is 18.2 Å². The molecule has 2 rings (SSSR count). The molecule has 102 valence electrons. The van der Waals surface area contributed by atoms with Gasteiger partial charge in [0.1, 0.15) is 17.4 Å². The average molecular weight is 258 g/mol. The third-order valence-electron chi connectivity index (χ3n) is 3.82. The van der Waals surface area contributed by atoms with Crippen molar-refractivity contribution in [1.82, 2.24) is 5.32 Å². The third-order valence-corrected chi connectivity index (χ3v) is 3.82. The molecule has 1 saturated carbocycles. The zero-order valence-corrected chi connectivity index (χ0v) is 11.8. The molecule has 3 nitrogen and oxygen atoms in total. The summed E-state index contributed by atoms with van der Waals surface area (Å²) < 4.78 is 6.10. The van der Waals surface area contributed by atoms with E-state index in [0.29, 0.717) is 0 Å². The van der Waals surface area contributed by atoms with Gasteiger partial charge in [-0.15, -0.1) is 0 Å². The van der Waals surface area contributed by atoms with Crippen LogP contribution < -0.4 is 10.1 Å². The number of hydrogen-bond acceptors (Lipinski definition) is 3. The van der Waals surface area contributed by atoms with Gasteiger partial charge in [0, 0.05) is 6.42 Å². The molecule has 0 heterocycles. The molecule has 0 aromatic heterocycles. The maximum atomic E-state index is 9.44. The normalized spacial score (nSPS) is 26.7. The van der Waals surface area contributed by atoms with Gasteiger partial charge in [0.15, 0.2) is 0 Å². The Labute approximate surface area is 115 Å². The minimum absolute atomic E-state index is 0.133. The number of benzene rings is 1. The van der Waals surface area contributed by atoms with Crippen molar-refractivity contribution in [3.8, 4) is 11.8 Å². The fourth-order valence-electron chi connectivity index (χ4n) is 2.83. The summed E-state index contributed by atoms with van der Waals surface area (Å²) in [6, 6.07) is 10.5. The molecule has 0 saturated heterocycles. The van der Waals surface area contributed by atoms with Gasteiger partial charge in [-0.25, -0.2) is 0 Å². The smallest absolute Gasteiger partial charge is 0.122 e. The highest BCUT2D eigenvalue weighted by Crippen LogP contribution is 2.31. The first kappa shape index (κ1) is 13.9. The van der Waals surface area contributed by atoms with E-state index < -0.39 is 5.54 Å². The summed E-state index contributed by atoms with van der Waals surface area (Å²) in [4.78, 5) is 0. The van der Waals surface area contributed by atoms with Gasteiger partial charge in [-0.2, -0.15) is 5.26 Å². The first-order valence-corrected chi connectivity index (χ1v) is 7.08. The van der Waals surface area contributed by atoms with Crippen molar-refractivity contribution in [1.29, 1.82) is 5.26 Å². The summed E-state index contributed by atoms with van der Waals surface area (Å²) in [5.74, 6) is 0.942. The number of hydrogen-bond donors (Lipinski definition) is 1. The van der Waals surface area contributed by atoms with Crippen molar-refractivity contribution in [2.45, 2.75) is 51.2 Å². The van der Waals surface area contributed by atoms with E-state index in [0.717, 1.165) is 43.5 Å². The fourth-order valence-corrected chi connectivity index (χ4v) is 2.83. The van der Waals surface area contributed by atoms with Crippen LogP contribution in [0.1, 0.15) is 38.2 Å². The first-order chi connectivity index (χ1) is 9.19. The van der Waals surface area contributed by atoms with Crippen molar-refractivity contribution in [3.05, 3.63) is 29.8 Å². The van der Waals surface area contributed by atoms with Crippen LogP contribution in [0.4, 0.5) is 0 Å². The molecule has 19 heavy (non-hydrogen) atoms. The van der Waals surface area contributed by atoms with Gasteiger partial charge in [-0.05, 0) is 44.4 Å². The lowest BCUT2D eigenvalue weighted by molar-refractivity contribution is 0.113. The van der Waals surface area contributed by atoms with Crippen LogP contribution in [0.15, 0.2) is 24.3 Å². The monoisotopic (exact) mass is 258 g/mol. The van der Waals surface area contributed by atoms with Crippen molar-refractivity contribution in [2.75, 3.05) is 6.54 Å². The topological polar surface area (TPSA) is 45.0 Å². The number of para-hydroxylation sites is 1. The van der Waals surface area contributed by atoms with Crippen LogP contribution >= 0.6 is 0 Å². The van der Waals surface area contributed by atoms with Crippen molar-refractivity contribution in [3.63, 3.8) is 0 Å². The van der Waals surface area contributed by atoms with Crippen LogP contribution in [0.3, 0.4) is 0 Å². The summed E-state index contributed by atoms with van der Waals surface area (Å²) in [5, 5.41) is 12.8. The van der Waals surface area contributed by atoms with E-state index in [4.69, 9.17) is 4.74 Å². The summed E-state index contributed by atoms with van der Waals surface area (Å²) in [6.45, 7) is 4.93. The minimum Gasteiger partial charge on any atom is -0.490 e. The predicted molar refractivity (Wildman–Crippen MR) is 76.1 cm³/mol. The lowest BCUT2D eigenvalue weighted by atomic mass is 9.81. The molecule has 2 atom stereocenters. The van der Waals surface area contributed by atoms with E-state index in [2.05, 4.69) is 24.4 Å². The van der Waals surface area contributed by atoms with E-state index in [9.17, 15) is 5.26 Å². The summed E-state index contributed by atoms with van der Waals surface area (Å²) in [5.41, 5.74) is 0.749. The van der Waals surface area contributed by atoms with E-state index in [1.165, 1.54) is 0 Å². The molecule has 3 heteroatoms. The largest absolute Gasteiger partial charge is 0.490 e. The van der Waals surface area contributed by atoms with Gasteiger partial charge in [-0.3, -0.25) is 5.32 Å².